The highest BCUT2D eigenvalue weighted by molar-refractivity contribution is 7.90. The Hall–Kier alpha value is -2.14. The fraction of sp³-hybridized carbons (Fsp3) is 0.118. The maximum absolute atomic E-state index is 12.7. The van der Waals surface area contributed by atoms with Crippen LogP contribution in [0, 0.1) is 0 Å². The molecule has 3 rings (SSSR count). The van der Waals surface area contributed by atoms with Gasteiger partial charge in [-0.05, 0) is 57.2 Å². The Morgan fingerprint density at radius 3 is 2.11 bits per heavy atom. The van der Waals surface area contributed by atoms with Crippen LogP contribution in [0.25, 0.3) is 5.69 Å². The number of thiocarbonyl (C=S) groups is 1. The number of nitrogens with zero attached hydrogens (tertiary/aromatic N) is 4. The molecule has 10 heteroatoms. The molecule has 0 fully saturated rings. The number of hydrogen-bond donors (Lipinski definition) is 0. The molecule has 0 bridgehead atoms. The zero-order valence-corrected chi connectivity index (χ0v) is 17.8. The van der Waals surface area contributed by atoms with Crippen molar-refractivity contribution >= 4 is 48.0 Å². The van der Waals surface area contributed by atoms with Crippen LogP contribution in [-0.2, 0) is 10.0 Å². The van der Waals surface area contributed by atoms with Crippen molar-refractivity contribution in [2.45, 2.75) is 4.90 Å². The highest BCUT2D eigenvalue weighted by Crippen LogP contribution is 2.12. The number of hydrogen-bond acceptors (Lipinski definition) is 5. The van der Waals surface area contributed by atoms with Crippen molar-refractivity contribution in [1.29, 1.82) is 0 Å². The standard InChI is InChI=1S/C17H16N4O2S4/c1-20(2)15(24)18-16-21(13-9-5-3-6-10-13)17(26-25-16)19-27(22,23)14-11-7-4-8-12-14/h3-12H,1-2H3/b18-16+,19-17+. The zero-order chi connectivity index (χ0) is 19.4. The lowest BCUT2D eigenvalue weighted by molar-refractivity contribution is 0.596. The molecule has 1 heterocycles. The first-order chi connectivity index (χ1) is 12.9. The highest BCUT2D eigenvalue weighted by Gasteiger charge is 2.14. The van der Waals surface area contributed by atoms with Gasteiger partial charge in [0.25, 0.3) is 10.0 Å². The van der Waals surface area contributed by atoms with Gasteiger partial charge in [0.2, 0.25) is 9.60 Å². The Balaban J connectivity index is 2.26. The summed E-state index contributed by atoms with van der Waals surface area (Å²) in [5, 5.41) is 0.395. The lowest BCUT2D eigenvalue weighted by atomic mass is 10.3. The molecule has 0 N–H and O–H groups in total. The third kappa shape index (κ3) is 4.59. The fourth-order valence-electron chi connectivity index (χ4n) is 2.08. The van der Waals surface area contributed by atoms with E-state index in [-0.39, 0.29) is 4.90 Å². The van der Waals surface area contributed by atoms with Crippen LogP contribution in [-0.4, -0.2) is 37.1 Å². The van der Waals surface area contributed by atoms with Crippen molar-refractivity contribution in [3.63, 3.8) is 0 Å². The number of rotatable bonds is 3. The molecule has 0 aliphatic rings. The van der Waals surface area contributed by atoms with Gasteiger partial charge in [-0.2, -0.15) is 13.4 Å². The van der Waals surface area contributed by atoms with Gasteiger partial charge >= 0.3 is 0 Å². The molecule has 2 aromatic carbocycles. The van der Waals surface area contributed by atoms with E-state index in [2.05, 4.69) is 9.39 Å². The van der Waals surface area contributed by atoms with E-state index in [1.165, 1.54) is 32.8 Å². The van der Waals surface area contributed by atoms with Crippen molar-refractivity contribution in [1.82, 2.24) is 9.47 Å². The van der Waals surface area contributed by atoms with Crippen LogP contribution in [0.4, 0.5) is 0 Å². The molecule has 6 nitrogen and oxygen atoms in total. The molecule has 0 aliphatic carbocycles. The Bertz CT molecular complexity index is 1170. The summed E-state index contributed by atoms with van der Waals surface area (Å²) in [6.45, 7) is 0. The minimum Gasteiger partial charge on any atom is -0.353 e. The molecule has 3 aromatic rings. The monoisotopic (exact) mass is 436 g/mol. The van der Waals surface area contributed by atoms with Crippen molar-refractivity contribution in [3.8, 4) is 5.69 Å². The van der Waals surface area contributed by atoms with E-state index < -0.39 is 10.0 Å². The second-order valence-corrected chi connectivity index (χ2v) is 9.60. The second kappa shape index (κ2) is 8.26. The van der Waals surface area contributed by atoms with Gasteiger partial charge in [0.05, 0.1) is 10.6 Å². The molecule has 0 spiro atoms. The molecule has 0 atom stereocenters. The highest BCUT2D eigenvalue weighted by atomic mass is 32.9. The molecule has 0 amide bonds. The first-order valence-electron chi connectivity index (χ1n) is 7.78. The number of sulfonamides is 1. The van der Waals surface area contributed by atoms with Gasteiger partial charge in [-0.1, -0.05) is 36.4 Å². The van der Waals surface area contributed by atoms with E-state index in [4.69, 9.17) is 12.2 Å². The van der Waals surface area contributed by atoms with E-state index in [0.29, 0.717) is 14.7 Å². The van der Waals surface area contributed by atoms with Gasteiger partial charge in [-0.15, -0.1) is 4.40 Å². The molecule has 1 aromatic heterocycles. The predicted molar refractivity (Wildman–Crippen MR) is 113 cm³/mol. The summed E-state index contributed by atoms with van der Waals surface area (Å²) in [4.78, 5) is 7.19. The summed E-state index contributed by atoms with van der Waals surface area (Å²) in [6.07, 6.45) is 0. The summed E-state index contributed by atoms with van der Waals surface area (Å²) in [5.41, 5.74) is 0.761. The molecule has 27 heavy (non-hydrogen) atoms. The maximum Gasteiger partial charge on any atom is 0.285 e. The van der Waals surface area contributed by atoms with Gasteiger partial charge in [-0.25, -0.2) is 0 Å². The predicted octanol–water partition coefficient (Wildman–Crippen LogP) is 2.64. The minimum atomic E-state index is -3.84. The molecular formula is C17H16N4O2S4. The quantitative estimate of drug-likeness (QED) is 0.468. The van der Waals surface area contributed by atoms with E-state index in [9.17, 15) is 8.42 Å². The first kappa shape index (κ1) is 19.6. The number of aromatic nitrogens is 1. The van der Waals surface area contributed by atoms with Gasteiger partial charge in [-0.3, -0.25) is 4.57 Å². The summed E-state index contributed by atoms with van der Waals surface area (Å²) in [5.74, 6) is 0. The Morgan fingerprint density at radius 2 is 1.52 bits per heavy atom. The van der Waals surface area contributed by atoms with Crippen LogP contribution >= 0.6 is 32.9 Å². The smallest absolute Gasteiger partial charge is 0.285 e. The van der Waals surface area contributed by atoms with Crippen molar-refractivity contribution in [2.24, 2.45) is 9.39 Å². The van der Waals surface area contributed by atoms with Gasteiger partial charge < -0.3 is 4.90 Å². The molecule has 0 unspecified atom stereocenters. The topological polar surface area (TPSA) is 67.0 Å². The van der Waals surface area contributed by atoms with Gasteiger partial charge in [0.1, 0.15) is 0 Å². The fourth-order valence-corrected chi connectivity index (χ4v) is 5.68. The number of benzene rings is 2. The number of para-hydroxylation sites is 1. The first-order valence-corrected chi connectivity index (χ1v) is 11.8. The zero-order valence-electron chi connectivity index (χ0n) is 14.5. The Kier molecular flexibility index (Phi) is 6.00. The molecule has 0 saturated carbocycles. The van der Waals surface area contributed by atoms with Gasteiger partial charge in [0.15, 0.2) is 5.11 Å². The molecule has 0 aliphatic heterocycles. The maximum atomic E-state index is 12.7. The third-order valence-corrected chi connectivity index (χ3v) is 7.33. The van der Waals surface area contributed by atoms with E-state index in [1.54, 1.807) is 41.8 Å². The third-order valence-electron chi connectivity index (χ3n) is 3.40. The van der Waals surface area contributed by atoms with Crippen LogP contribution in [0.3, 0.4) is 0 Å². The molecule has 0 saturated heterocycles. The molecule has 140 valence electrons. The molecule has 0 radical (unpaired) electrons. The summed E-state index contributed by atoms with van der Waals surface area (Å²) < 4.78 is 31.1. The van der Waals surface area contributed by atoms with Crippen LogP contribution in [0.2, 0.25) is 0 Å². The minimum absolute atomic E-state index is 0.144. The van der Waals surface area contributed by atoms with E-state index >= 15 is 0 Å². The largest absolute Gasteiger partial charge is 0.353 e. The summed E-state index contributed by atoms with van der Waals surface area (Å²) in [7, 11) is 2.33. The Morgan fingerprint density at radius 1 is 0.963 bits per heavy atom. The average Bonchev–Trinajstić information content (AvgIpc) is 3.04. The lowest BCUT2D eigenvalue weighted by Crippen LogP contribution is -2.28. The van der Waals surface area contributed by atoms with Crippen LogP contribution in [0.15, 0.2) is 74.9 Å². The van der Waals surface area contributed by atoms with Crippen LogP contribution in [0.5, 0.6) is 0 Å². The van der Waals surface area contributed by atoms with E-state index in [1.807, 2.05) is 30.3 Å². The molecular weight excluding hydrogens is 420 g/mol. The summed E-state index contributed by atoms with van der Waals surface area (Å²) >= 11 is 5.27. The van der Waals surface area contributed by atoms with Crippen molar-refractivity contribution < 1.29 is 8.42 Å². The van der Waals surface area contributed by atoms with Crippen LogP contribution in [0.1, 0.15) is 0 Å². The SMILES string of the molecule is CN(C)C(=S)/N=c1/ss/c(=N/S(=O)(=O)c2ccccc2)n1-c1ccccc1. The Labute approximate surface area is 169 Å². The van der Waals surface area contributed by atoms with Crippen molar-refractivity contribution in [3.05, 3.63) is 70.3 Å². The van der Waals surface area contributed by atoms with Crippen molar-refractivity contribution in [2.75, 3.05) is 14.1 Å². The van der Waals surface area contributed by atoms with Gasteiger partial charge in [0, 0.05) is 14.1 Å². The summed E-state index contributed by atoms with van der Waals surface area (Å²) in [6, 6.07) is 17.5. The lowest BCUT2D eigenvalue weighted by Gasteiger charge is -2.08. The normalized spacial score (nSPS) is 13.0. The average molecular weight is 437 g/mol. The van der Waals surface area contributed by atoms with E-state index in [0.717, 1.165) is 5.69 Å². The second-order valence-electron chi connectivity index (χ2n) is 5.57. The van der Waals surface area contributed by atoms with Crippen LogP contribution < -0.4 is 9.60 Å².